The zero-order valence-corrected chi connectivity index (χ0v) is 13.0. The summed E-state index contributed by atoms with van der Waals surface area (Å²) < 4.78 is 7.12. The lowest BCUT2D eigenvalue weighted by Gasteiger charge is -2.06. The third kappa shape index (κ3) is 3.34. The average Bonchev–Trinajstić information content (AvgIpc) is 2.74. The summed E-state index contributed by atoms with van der Waals surface area (Å²) in [6.07, 6.45) is 0. The molecule has 0 fully saturated rings. The van der Waals surface area contributed by atoms with Crippen molar-refractivity contribution in [2.45, 2.75) is 6.61 Å². The number of halogens is 2. The fourth-order valence-electron chi connectivity index (χ4n) is 1.34. The Morgan fingerprint density at radius 3 is 2.72 bits per heavy atom. The van der Waals surface area contributed by atoms with Crippen molar-refractivity contribution in [3.63, 3.8) is 0 Å². The van der Waals surface area contributed by atoms with Gasteiger partial charge in [0.25, 0.3) is 0 Å². The van der Waals surface area contributed by atoms with Crippen molar-refractivity contribution in [2.24, 2.45) is 0 Å². The van der Waals surface area contributed by atoms with E-state index in [1.165, 1.54) is 6.07 Å². The van der Waals surface area contributed by atoms with E-state index in [0.29, 0.717) is 16.8 Å². The Bertz CT molecular complexity index is 580. The summed E-state index contributed by atoms with van der Waals surface area (Å²) >= 11 is 8.14. The maximum Gasteiger partial charge on any atom is 0.336 e. The van der Waals surface area contributed by atoms with Gasteiger partial charge in [-0.25, -0.2) is 4.79 Å². The Kier molecular flexibility index (Phi) is 4.42. The maximum absolute atomic E-state index is 11.0. The van der Waals surface area contributed by atoms with Crippen LogP contribution in [0.5, 0.6) is 5.75 Å². The van der Waals surface area contributed by atoms with Gasteiger partial charge in [-0.05, 0) is 56.1 Å². The molecule has 1 N–H and O–H groups in total. The monoisotopic (exact) mass is 390 g/mol. The van der Waals surface area contributed by atoms with Gasteiger partial charge in [0.1, 0.15) is 12.4 Å². The van der Waals surface area contributed by atoms with Crippen molar-refractivity contribution in [2.75, 3.05) is 0 Å². The highest BCUT2D eigenvalue weighted by Gasteiger charge is 2.09. The second-order valence-electron chi connectivity index (χ2n) is 3.47. The van der Waals surface area contributed by atoms with Crippen LogP contribution in [0, 0.1) is 0 Å². The molecule has 6 heteroatoms. The zero-order valence-electron chi connectivity index (χ0n) is 9.02. The topological polar surface area (TPSA) is 46.5 Å². The Hall–Kier alpha value is -0.850. The molecular weight excluding hydrogens is 384 g/mol. The van der Waals surface area contributed by atoms with E-state index < -0.39 is 5.97 Å². The van der Waals surface area contributed by atoms with E-state index in [9.17, 15) is 4.79 Å². The summed E-state index contributed by atoms with van der Waals surface area (Å²) in [6, 6.07) is 6.89. The van der Waals surface area contributed by atoms with E-state index >= 15 is 0 Å². The molecular formula is C12H8Br2O3S. The van der Waals surface area contributed by atoms with Crippen LogP contribution in [-0.4, -0.2) is 11.1 Å². The molecule has 94 valence electrons. The molecule has 0 amide bonds. The summed E-state index contributed by atoms with van der Waals surface area (Å²) in [5, 5.41) is 11.0. The highest BCUT2D eigenvalue weighted by atomic mass is 79.9. The van der Waals surface area contributed by atoms with Crippen molar-refractivity contribution in [3.8, 4) is 5.75 Å². The van der Waals surface area contributed by atoms with E-state index in [0.717, 1.165) is 9.35 Å². The first-order chi connectivity index (χ1) is 8.56. The minimum Gasteiger partial charge on any atom is -0.488 e. The van der Waals surface area contributed by atoms with E-state index in [2.05, 4.69) is 31.9 Å². The molecule has 0 aliphatic rings. The van der Waals surface area contributed by atoms with Gasteiger partial charge in [-0.1, -0.05) is 0 Å². The van der Waals surface area contributed by atoms with Crippen molar-refractivity contribution >= 4 is 49.2 Å². The van der Waals surface area contributed by atoms with Crippen LogP contribution in [0.25, 0.3) is 0 Å². The number of hydrogen-bond acceptors (Lipinski definition) is 3. The minimum absolute atomic E-state index is 0.194. The number of hydrogen-bond donors (Lipinski definition) is 1. The van der Waals surface area contributed by atoms with Crippen LogP contribution in [0.4, 0.5) is 0 Å². The first-order valence-corrected chi connectivity index (χ1v) is 7.41. The summed E-state index contributed by atoms with van der Waals surface area (Å²) in [7, 11) is 0. The molecule has 1 aromatic carbocycles. The third-order valence-corrected chi connectivity index (χ3v) is 4.53. The number of carboxylic acids is 1. The molecule has 3 nitrogen and oxygen atoms in total. The molecule has 2 aromatic rings. The second-order valence-corrected chi connectivity index (χ2v) is 6.23. The molecule has 0 saturated heterocycles. The molecule has 0 aliphatic carbocycles. The number of ether oxygens (including phenoxy) is 1. The van der Waals surface area contributed by atoms with Gasteiger partial charge >= 0.3 is 5.97 Å². The zero-order chi connectivity index (χ0) is 13.1. The number of rotatable bonds is 4. The number of aromatic carboxylic acids is 1. The Morgan fingerprint density at radius 1 is 1.33 bits per heavy atom. The van der Waals surface area contributed by atoms with E-state index in [1.807, 2.05) is 11.4 Å². The number of benzene rings is 1. The molecule has 0 aliphatic heterocycles. The lowest BCUT2D eigenvalue weighted by Crippen LogP contribution is -1.99. The van der Waals surface area contributed by atoms with Crippen molar-refractivity contribution in [1.29, 1.82) is 0 Å². The maximum atomic E-state index is 11.0. The van der Waals surface area contributed by atoms with Gasteiger partial charge in [0.15, 0.2) is 0 Å². The van der Waals surface area contributed by atoms with Gasteiger partial charge in [-0.3, -0.25) is 0 Å². The summed E-state index contributed by atoms with van der Waals surface area (Å²) in [5.41, 5.74) is 0.194. The second kappa shape index (κ2) is 5.86. The van der Waals surface area contributed by atoms with Gasteiger partial charge in [-0.15, -0.1) is 11.3 Å². The predicted molar refractivity (Wildman–Crippen MR) is 77.5 cm³/mol. The largest absolute Gasteiger partial charge is 0.488 e. The Balaban J connectivity index is 2.10. The van der Waals surface area contributed by atoms with Crippen LogP contribution < -0.4 is 4.74 Å². The smallest absolute Gasteiger partial charge is 0.336 e. The van der Waals surface area contributed by atoms with Gasteiger partial charge in [0.05, 0.1) is 5.56 Å². The number of carboxylic acid groups (broad SMARTS) is 1. The normalized spacial score (nSPS) is 10.3. The SMILES string of the molecule is O=C(O)c1cc(OCc2cc(Br)cs2)ccc1Br. The molecule has 0 bridgehead atoms. The standard InChI is InChI=1S/C12H8Br2O3S/c13-7-3-9(18-6-7)5-17-8-1-2-11(14)10(4-8)12(15)16/h1-4,6H,5H2,(H,15,16). The van der Waals surface area contributed by atoms with Crippen LogP contribution in [0.2, 0.25) is 0 Å². The first kappa shape index (κ1) is 13.6. The van der Waals surface area contributed by atoms with Crippen LogP contribution >= 0.6 is 43.2 Å². The molecule has 0 radical (unpaired) electrons. The third-order valence-electron chi connectivity index (χ3n) is 2.17. The molecule has 0 spiro atoms. The molecule has 1 aromatic heterocycles. The highest BCUT2D eigenvalue weighted by molar-refractivity contribution is 9.10. The first-order valence-electron chi connectivity index (χ1n) is 4.95. The van der Waals surface area contributed by atoms with E-state index in [-0.39, 0.29) is 5.56 Å². The average molecular weight is 392 g/mol. The lowest BCUT2D eigenvalue weighted by molar-refractivity contribution is 0.0695. The molecule has 0 atom stereocenters. The van der Waals surface area contributed by atoms with E-state index in [1.54, 1.807) is 23.5 Å². The summed E-state index contributed by atoms with van der Waals surface area (Å²) in [4.78, 5) is 12.0. The van der Waals surface area contributed by atoms with Crippen LogP contribution in [0.1, 0.15) is 15.2 Å². The van der Waals surface area contributed by atoms with Crippen LogP contribution in [0.15, 0.2) is 38.6 Å². The summed E-state index contributed by atoms with van der Waals surface area (Å²) in [6.45, 7) is 0.428. The van der Waals surface area contributed by atoms with Gasteiger partial charge < -0.3 is 9.84 Å². The molecule has 2 rings (SSSR count). The number of carbonyl (C=O) groups is 1. The fourth-order valence-corrected chi connectivity index (χ4v) is 3.12. The van der Waals surface area contributed by atoms with Crippen molar-refractivity contribution in [3.05, 3.63) is 49.0 Å². The van der Waals surface area contributed by atoms with Crippen LogP contribution in [0.3, 0.4) is 0 Å². The van der Waals surface area contributed by atoms with Gasteiger partial charge in [-0.2, -0.15) is 0 Å². The quantitative estimate of drug-likeness (QED) is 0.831. The lowest BCUT2D eigenvalue weighted by atomic mass is 10.2. The molecule has 0 unspecified atom stereocenters. The predicted octanol–water partition coefficient (Wildman–Crippen LogP) is 4.55. The summed E-state index contributed by atoms with van der Waals surface area (Å²) in [5.74, 6) is -0.439. The van der Waals surface area contributed by atoms with Crippen LogP contribution in [-0.2, 0) is 6.61 Å². The number of thiophene rings is 1. The van der Waals surface area contributed by atoms with Gasteiger partial charge in [0.2, 0.25) is 0 Å². The molecule has 1 heterocycles. The van der Waals surface area contributed by atoms with Gasteiger partial charge in [0, 0.05) is 19.2 Å². The minimum atomic E-state index is -0.980. The molecule has 0 saturated carbocycles. The van der Waals surface area contributed by atoms with Crippen molar-refractivity contribution < 1.29 is 14.6 Å². The van der Waals surface area contributed by atoms with E-state index in [4.69, 9.17) is 9.84 Å². The highest BCUT2D eigenvalue weighted by Crippen LogP contribution is 2.25. The molecule has 18 heavy (non-hydrogen) atoms. The fraction of sp³-hybridized carbons (Fsp3) is 0.0833. The Labute approximate surface area is 125 Å². The Morgan fingerprint density at radius 2 is 2.11 bits per heavy atom. The van der Waals surface area contributed by atoms with Crippen molar-refractivity contribution in [1.82, 2.24) is 0 Å².